The molecule has 176 valence electrons. The molecule has 0 aliphatic heterocycles. The number of fused-ring (bicyclic) bond motifs is 1. The van der Waals surface area contributed by atoms with Gasteiger partial charge < -0.3 is 21.9 Å². The van der Waals surface area contributed by atoms with E-state index in [-0.39, 0.29) is 40.8 Å². The smallest absolute Gasteiger partial charge is 0.405 e. The maximum absolute atomic E-state index is 14.3. The van der Waals surface area contributed by atoms with Crippen molar-refractivity contribution < 1.29 is 23.1 Å². The monoisotopic (exact) mass is 491 g/mol. The van der Waals surface area contributed by atoms with Gasteiger partial charge in [-0.2, -0.15) is 19.7 Å². The van der Waals surface area contributed by atoms with E-state index in [1.807, 2.05) is 0 Å². The highest BCUT2D eigenvalue weighted by molar-refractivity contribution is 6.31. The average molecular weight is 492 g/mol. The van der Waals surface area contributed by atoms with Crippen molar-refractivity contribution in [2.24, 2.45) is 0 Å². The lowest BCUT2D eigenvalue weighted by Gasteiger charge is -2.16. The number of nitrogens with one attached hydrogen (secondary N) is 1. The summed E-state index contributed by atoms with van der Waals surface area (Å²) in [6.07, 6.45) is -1.54. The molecule has 9 nitrogen and oxygen atoms in total. The Labute approximate surface area is 195 Å². The largest absolute Gasteiger partial charge is 0.465 e. The zero-order valence-corrected chi connectivity index (χ0v) is 18.2. The van der Waals surface area contributed by atoms with E-state index >= 15 is 0 Å². The fraction of sp³-hybridized carbons (Fsp3) is 0.143. The molecular weight excluding hydrogens is 475 g/mol. The number of amides is 1. The number of benzene rings is 2. The molecule has 2 aromatic heterocycles. The first-order chi connectivity index (χ1) is 16.0. The average Bonchev–Trinajstić information content (AvgIpc) is 3.08. The maximum atomic E-state index is 14.3. The first-order valence-corrected chi connectivity index (χ1v) is 10.2. The zero-order chi connectivity index (χ0) is 24.7. The number of carbonyl (C=O) groups is 1. The molecule has 1 atom stereocenters. The van der Waals surface area contributed by atoms with Gasteiger partial charge >= 0.3 is 6.09 Å². The molecule has 1 unspecified atom stereocenters. The first-order valence-electron chi connectivity index (χ1n) is 9.78. The van der Waals surface area contributed by atoms with Crippen LogP contribution in [0.5, 0.6) is 0 Å². The number of anilines is 2. The molecule has 34 heavy (non-hydrogen) atoms. The molecule has 4 aromatic rings. The first kappa shape index (κ1) is 23.1. The Balaban J connectivity index is 1.84. The van der Waals surface area contributed by atoms with Crippen LogP contribution in [-0.2, 0) is 6.42 Å². The van der Waals surface area contributed by atoms with E-state index in [9.17, 15) is 18.0 Å². The quantitative estimate of drug-likeness (QED) is 0.309. The van der Waals surface area contributed by atoms with Crippen molar-refractivity contribution in [2.75, 3.05) is 11.5 Å². The fourth-order valence-electron chi connectivity index (χ4n) is 3.64. The highest BCUT2D eigenvalue weighted by Gasteiger charge is 2.22. The molecule has 0 aliphatic rings. The van der Waals surface area contributed by atoms with E-state index in [1.54, 1.807) is 18.2 Å². The van der Waals surface area contributed by atoms with Crippen LogP contribution in [0.3, 0.4) is 0 Å². The van der Waals surface area contributed by atoms with Crippen molar-refractivity contribution >= 4 is 40.2 Å². The van der Waals surface area contributed by atoms with Gasteiger partial charge in [0.2, 0.25) is 0 Å². The third-order valence-electron chi connectivity index (χ3n) is 5.10. The van der Waals surface area contributed by atoms with Crippen molar-refractivity contribution in [3.05, 3.63) is 69.6 Å². The van der Waals surface area contributed by atoms with Crippen LogP contribution >= 0.6 is 11.6 Å². The number of halogens is 4. The van der Waals surface area contributed by atoms with Crippen LogP contribution < -0.4 is 16.8 Å². The predicted molar refractivity (Wildman–Crippen MR) is 119 cm³/mol. The van der Waals surface area contributed by atoms with E-state index in [1.165, 1.54) is 11.6 Å². The minimum Gasteiger partial charge on any atom is -0.465 e. The maximum Gasteiger partial charge on any atom is 0.405 e. The second-order valence-electron chi connectivity index (χ2n) is 7.44. The van der Waals surface area contributed by atoms with Crippen LogP contribution in [0.4, 0.5) is 29.6 Å². The number of nitrogens with two attached hydrogens (primary N) is 2. The number of nitrogens with zero attached hydrogens (tertiary/aromatic N) is 4. The predicted octanol–water partition coefficient (Wildman–Crippen LogP) is 3.97. The van der Waals surface area contributed by atoms with Gasteiger partial charge in [0.05, 0.1) is 22.8 Å². The molecule has 13 heteroatoms. The van der Waals surface area contributed by atoms with Gasteiger partial charge in [-0.25, -0.2) is 18.0 Å². The van der Waals surface area contributed by atoms with Crippen LogP contribution in [0, 0.1) is 17.5 Å². The Bertz CT molecular complexity index is 1420. The molecule has 4 rings (SSSR count). The molecule has 0 saturated carbocycles. The van der Waals surface area contributed by atoms with Gasteiger partial charge in [-0.05, 0) is 36.8 Å². The van der Waals surface area contributed by atoms with Gasteiger partial charge in [-0.1, -0.05) is 11.6 Å². The SMILES string of the molecule is CC(NC(=O)O)c1c(N)nc(-n2nc(Cc3cc(F)cc(F)c3F)c3cc(Cl)ccc32)nc1N. The summed E-state index contributed by atoms with van der Waals surface area (Å²) in [5.41, 5.74) is 12.7. The number of carboxylic acid groups (broad SMARTS) is 1. The van der Waals surface area contributed by atoms with Crippen LogP contribution in [0.2, 0.25) is 5.02 Å². The Morgan fingerprint density at radius 1 is 1.18 bits per heavy atom. The number of rotatable bonds is 5. The molecule has 0 spiro atoms. The standard InChI is InChI=1S/C21H17ClF3N7O2/c1-8(28-21(33)34)16-18(26)29-20(30-19(16)27)32-15-3-2-10(22)6-12(15)14(31-32)5-9-4-11(23)7-13(24)17(9)25/h2-4,6-8,28H,5H2,1H3,(H,33,34)(H4,26,27,29,30). The summed E-state index contributed by atoms with van der Waals surface area (Å²) >= 11 is 6.12. The van der Waals surface area contributed by atoms with Gasteiger partial charge in [-0.15, -0.1) is 0 Å². The number of aromatic nitrogens is 4. The molecule has 0 saturated heterocycles. The van der Waals surface area contributed by atoms with Crippen molar-refractivity contribution in [1.82, 2.24) is 25.1 Å². The van der Waals surface area contributed by atoms with Gasteiger partial charge in [0.15, 0.2) is 11.6 Å². The third kappa shape index (κ3) is 4.27. The van der Waals surface area contributed by atoms with Crippen LogP contribution in [0.1, 0.15) is 29.8 Å². The van der Waals surface area contributed by atoms with Crippen molar-refractivity contribution in [3.63, 3.8) is 0 Å². The fourth-order valence-corrected chi connectivity index (χ4v) is 3.81. The lowest BCUT2D eigenvalue weighted by atomic mass is 10.1. The lowest BCUT2D eigenvalue weighted by Crippen LogP contribution is -2.27. The molecule has 2 heterocycles. The molecule has 6 N–H and O–H groups in total. The van der Waals surface area contributed by atoms with Gasteiger partial charge in [0.25, 0.3) is 5.95 Å². The third-order valence-corrected chi connectivity index (χ3v) is 5.33. The van der Waals surface area contributed by atoms with E-state index < -0.39 is 29.6 Å². The van der Waals surface area contributed by atoms with Crippen molar-refractivity contribution in [1.29, 1.82) is 0 Å². The second kappa shape index (κ2) is 8.71. The highest BCUT2D eigenvalue weighted by Crippen LogP contribution is 2.30. The van der Waals surface area contributed by atoms with E-state index in [2.05, 4.69) is 20.4 Å². The zero-order valence-electron chi connectivity index (χ0n) is 17.5. The normalized spacial score (nSPS) is 12.1. The molecular formula is C21H17ClF3N7O2. The van der Waals surface area contributed by atoms with E-state index in [0.29, 0.717) is 22.0 Å². The van der Waals surface area contributed by atoms with Gasteiger partial charge in [0.1, 0.15) is 17.5 Å². The lowest BCUT2D eigenvalue weighted by molar-refractivity contribution is 0.191. The topological polar surface area (TPSA) is 145 Å². The highest BCUT2D eigenvalue weighted by atomic mass is 35.5. The Kier molecular flexibility index (Phi) is 5.92. The minimum absolute atomic E-state index is 0.0502. The van der Waals surface area contributed by atoms with Gasteiger partial charge in [0, 0.05) is 22.9 Å². The van der Waals surface area contributed by atoms with Crippen molar-refractivity contribution in [3.8, 4) is 5.95 Å². The summed E-state index contributed by atoms with van der Waals surface area (Å²) < 4.78 is 43.0. The molecule has 0 bridgehead atoms. The Morgan fingerprint density at radius 2 is 1.85 bits per heavy atom. The summed E-state index contributed by atoms with van der Waals surface area (Å²) in [5.74, 6) is -3.66. The number of hydrogen-bond acceptors (Lipinski definition) is 6. The number of nitrogen functional groups attached to an aromatic ring is 2. The van der Waals surface area contributed by atoms with Crippen molar-refractivity contribution in [2.45, 2.75) is 19.4 Å². The van der Waals surface area contributed by atoms with Crippen LogP contribution in [0.15, 0.2) is 30.3 Å². The molecule has 0 aliphatic carbocycles. The van der Waals surface area contributed by atoms with E-state index in [0.717, 1.165) is 6.07 Å². The molecule has 1 amide bonds. The summed E-state index contributed by atoms with van der Waals surface area (Å²) in [4.78, 5) is 19.4. The van der Waals surface area contributed by atoms with E-state index in [4.69, 9.17) is 28.2 Å². The summed E-state index contributed by atoms with van der Waals surface area (Å²) in [7, 11) is 0. The Morgan fingerprint density at radius 3 is 2.50 bits per heavy atom. The molecule has 0 radical (unpaired) electrons. The summed E-state index contributed by atoms with van der Waals surface area (Å²) in [6, 6.07) is 5.28. The minimum atomic E-state index is -1.32. The van der Waals surface area contributed by atoms with Crippen LogP contribution in [-0.4, -0.2) is 30.9 Å². The number of hydrogen-bond donors (Lipinski definition) is 4. The van der Waals surface area contributed by atoms with Gasteiger partial charge in [-0.3, -0.25) is 0 Å². The Hall–Kier alpha value is -4.06. The summed E-state index contributed by atoms with van der Waals surface area (Å²) in [5, 5.41) is 16.4. The van der Waals surface area contributed by atoms with Crippen LogP contribution in [0.25, 0.3) is 16.9 Å². The molecule has 2 aromatic carbocycles. The summed E-state index contributed by atoms with van der Waals surface area (Å²) in [6.45, 7) is 1.52. The molecule has 0 fully saturated rings. The second-order valence-corrected chi connectivity index (χ2v) is 7.87.